The monoisotopic (exact) mass is 565 g/mol. The Balaban J connectivity index is 0.00000385. The summed E-state index contributed by atoms with van der Waals surface area (Å²) in [5.74, 6) is 1.77. The van der Waals surface area contributed by atoms with Gasteiger partial charge in [-0.3, -0.25) is 9.79 Å². The smallest absolute Gasteiger partial charge is 0.253 e. The fraction of sp³-hybridized carbons (Fsp3) is 0.458. The minimum absolute atomic E-state index is 0. The maximum Gasteiger partial charge on any atom is 0.253 e. The Bertz CT molecular complexity index is 892. The van der Waals surface area contributed by atoms with Crippen molar-refractivity contribution in [3.05, 3.63) is 59.3 Å². The first kappa shape index (κ1) is 26.8. The van der Waals surface area contributed by atoms with Crippen molar-refractivity contribution in [2.75, 3.05) is 58.8 Å². The van der Waals surface area contributed by atoms with Crippen molar-refractivity contribution in [3.63, 3.8) is 0 Å². The van der Waals surface area contributed by atoms with Crippen molar-refractivity contribution in [2.24, 2.45) is 4.99 Å². The van der Waals surface area contributed by atoms with E-state index in [0.717, 1.165) is 55.6 Å². The average molecular weight is 566 g/mol. The molecule has 0 spiro atoms. The van der Waals surface area contributed by atoms with E-state index in [2.05, 4.69) is 49.5 Å². The maximum atomic E-state index is 12.0. The Morgan fingerprint density at radius 1 is 1.00 bits per heavy atom. The second kappa shape index (κ2) is 13.3. The lowest BCUT2D eigenvalue weighted by atomic mass is 10.1. The molecular formula is C24H36IN7O. The summed E-state index contributed by atoms with van der Waals surface area (Å²) in [6, 6.07) is 11.8. The first-order valence-corrected chi connectivity index (χ1v) is 11.2. The van der Waals surface area contributed by atoms with Gasteiger partial charge in [0.15, 0.2) is 5.96 Å². The molecule has 1 aliphatic heterocycles. The van der Waals surface area contributed by atoms with Gasteiger partial charge in [0.05, 0.1) is 0 Å². The Labute approximate surface area is 214 Å². The van der Waals surface area contributed by atoms with Crippen LogP contribution in [0.3, 0.4) is 0 Å². The molecule has 0 aliphatic carbocycles. The van der Waals surface area contributed by atoms with Gasteiger partial charge in [-0.25, -0.2) is 4.98 Å². The number of anilines is 1. The zero-order valence-electron chi connectivity index (χ0n) is 20.0. The molecule has 0 unspecified atom stereocenters. The highest BCUT2D eigenvalue weighted by Crippen LogP contribution is 2.14. The van der Waals surface area contributed by atoms with E-state index >= 15 is 0 Å². The van der Waals surface area contributed by atoms with Crippen molar-refractivity contribution in [2.45, 2.75) is 20.0 Å². The first-order valence-electron chi connectivity index (χ1n) is 11.2. The number of benzene rings is 1. The molecule has 33 heavy (non-hydrogen) atoms. The number of aliphatic imine (C=N–C) groups is 1. The average Bonchev–Trinajstić information content (AvgIpc) is 2.84. The number of pyridine rings is 1. The second-order valence-corrected chi connectivity index (χ2v) is 8.12. The molecule has 2 N–H and O–H groups in total. The normalized spacial score (nSPS) is 14.4. The van der Waals surface area contributed by atoms with E-state index in [9.17, 15) is 4.79 Å². The number of aromatic nitrogens is 1. The summed E-state index contributed by atoms with van der Waals surface area (Å²) in [7, 11) is 5.26. The van der Waals surface area contributed by atoms with E-state index in [1.54, 1.807) is 26.0 Å². The minimum atomic E-state index is 0. The van der Waals surface area contributed by atoms with Gasteiger partial charge in [0, 0.05) is 72.2 Å². The topological polar surface area (TPSA) is 76.1 Å². The molecule has 8 nitrogen and oxygen atoms in total. The molecule has 0 radical (unpaired) electrons. The van der Waals surface area contributed by atoms with Gasteiger partial charge in [0.2, 0.25) is 0 Å². The molecule has 9 heteroatoms. The van der Waals surface area contributed by atoms with E-state index in [1.165, 1.54) is 0 Å². The van der Waals surface area contributed by atoms with Crippen LogP contribution in [-0.4, -0.2) is 80.5 Å². The summed E-state index contributed by atoms with van der Waals surface area (Å²) >= 11 is 0. The number of likely N-dealkylation sites (N-methyl/N-ethyl adjacent to an activating group) is 1. The highest BCUT2D eigenvalue weighted by molar-refractivity contribution is 14.0. The molecule has 0 atom stereocenters. The lowest BCUT2D eigenvalue weighted by Gasteiger charge is -2.34. The van der Waals surface area contributed by atoms with Gasteiger partial charge in [-0.1, -0.05) is 25.1 Å². The van der Waals surface area contributed by atoms with Gasteiger partial charge in [-0.15, -0.1) is 24.0 Å². The second-order valence-electron chi connectivity index (χ2n) is 8.12. The Kier molecular flexibility index (Phi) is 10.9. The number of hydrogen-bond acceptors (Lipinski definition) is 5. The van der Waals surface area contributed by atoms with Crippen molar-refractivity contribution < 1.29 is 4.79 Å². The van der Waals surface area contributed by atoms with Crippen LogP contribution in [0.4, 0.5) is 5.82 Å². The summed E-state index contributed by atoms with van der Waals surface area (Å²) in [5, 5.41) is 6.64. The molecular weight excluding hydrogens is 529 g/mol. The van der Waals surface area contributed by atoms with Gasteiger partial charge in [0.25, 0.3) is 5.91 Å². The van der Waals surface area contributed by atoms with Crippen LogP contribution in [0.5, 0.6) is 0 Å². The highest BCUT2D eigenvalue weighted by atomic mass is 127. The van der Waals surface area contributed by atoms with Crippen LogP contribution in [0.25, 0.3) is 0 Å². The van der Waals surface area contributed by atoms with Gasteiger partial charge in [-0.2, -0.15) is 0 Å². The number of guanidine groups is 1. The molecule has 1 saturated heterocycles. The van der Waals surface area contributed by atoms with Crippen molar-refractivity contribution >= 4 is 41.7 Å². The Hall–Kier alpha value is -2.40. The molecule has 2 aromatic rings. The predicted molar refractivity (Wildman–Crippen MR) is 145 cm³/mol. The molecule has 1 aromatic heterocycles. The molecule has 180 valence electrons. The molecule has 1 aliphatic rings. The molecule has 3 rings (SSSR count). The van der Waals surface area contributed by atoms with E-state index in [4.69, 9.17) is 0 Å². The number of amides is 1. The predicted octanol–water partition coefficient (Wildman–Crippen LogP) is 2.41. The summed E-state index contributed by atoms with van der Waals surface area (Å²) in [6.45, 7) is 8.84. The van der Waals surface area contributed by atoms with Crippen LogP contribution in [0.15, 0.2) is 47.6 Å². The van der Waals surface area contributed by atoms with E-state index in [-0.39, 0.29) is 29.9 Å². The number of carbonyl (C=O) groups excluding carboxylic acids is 1. The van der Waals surface area contributed by atoms with Crippen LogP contribution < -0.4 is 15.5 Å². The number of rotatable bonds is 7. The number of halogens is 1. The zero-order valence-corrected chi connectivity index (χ0v) is 22.4. The van der Waals surface area contributed by atoms with Gasteiger partial charge >= 0.3 is 0 Å². The van der Waals surface area contributed by atoms with Crippen molar-refractivity contribution in [1.82, 2.24) is 25.4 Å². The van der Waals surface area contributed by atoms with Crippen LogP contribution in [0, 0.1) is 0 Å². The van der Waals surface area contributed by atoms with Gasteiger partial charge in [0.1, 0.15) is 5.82 Å². The van der Waals surface area contributed by atoms with Crippen molar-refractivity contribution in [3.8, 4) is 0 Å². The lowest BCUT2D eigenvalue weighted by Crippen LogP contribution is -2.46. The summed E-state index contributed by atoms with van der Waals surface area (Å²) in [5.41, 5.74) is 2.87. The molecule has 1 fully saturated rings. The summed E-state index contributed by atoms with van der Waals surface area (Å²) in [4.78, 5) is 27.3. The van der Waals surface area contributed by atoms with E-state index in [1.807, 2.05) is 30.5 Å². The third kappa shape index (κ3) is 7.85. The first-order chi connectivity index (χ1) is 15.5. The third-order valence-electron chi connectivity index (χ3n) is 5.70. The largest absolute Gasteiger partial charge is 0.354 e. The molecule has 0 bridgehead atoms. The fourth-order valence-electron chi connectivity index (χ4n) is 3.62. The Morgan fingerprint density at radius 2 is 1.61 bits per heavy atom. The van der Waals surface area contributed by atoms with Crippen LogP contribution in [0.2, 0.25) is 0 Å². The molecule has 0 saturated carbocycles. The fourth-order valence-corrected chi connectivity index (χ4v) is 3.62. The van der Waals surface area contributed by atoms with Crippen LogP contribution in [0.1, 0.15) is 28.4 Å². The molecule has 1 aromatic carbocycles. The number of piperazine rings is 1. The minimum Gasteiger partial charge on any atom is -0.354 e. The van der Waals surface area contributed by atoms with Gasteiger partial charge in [-0.05, 0) is 35.9 Å². The third-order valence-corrected chi connectivity index (χ3v) is 5.70. The molecule has 1 amide bonds. The van der Waals surface area contributed by atoms with Crippen LogP contribution >= 0.6 is 24.0 Å². The van der Waals surface area contributed by atoms with Crippen LogP contribution in [-0.2, 0) is 13.1 Å². The number of carbonyl (C=O) groups is 1. The molecule has 2 heterocycles. The summed E-state index contributed by atoms with van der Waals surface area (Å²) in [6.07, 6.45) is 1.93. The van der Waals surface area contributed by atoms with E-state index in [0.29, 0.717) is 18.7 Å². The highest BCUT2D eigenvalue weighted by Gasteiger charge is 2.16. The van der Waals surface area contributed by atoms with Gasteiger partial charge < -0.3 is 25.3 Å². The van der Waals surface area contributed by atoms with E-state index < -0.39 is 0 Å². The SMILES string of the molecule is CCN1CCN(c2ccc(CNC(=NC)NCc3ccc(C(=O)N(C)C)cc3)cn2)CC1.I. The Morgan fingerprint density at radius 3 is 2.12 bits per heavy atom. The number of hydrogen-bond donors (Lipinski definition) is 2. The maximum absolute atomic E-state index is 12.0. The lowest BCUT2D eigenvalue weighted by molar-refractivity contribution is 0.0827. The quantitative estimate of drug-likeness (QED) is 0.305. The number of nitrogens with zero attached hydrogens (tertiary/aromatic N) is 5. The summed E-state index contributed by atoms with van der Waals surface area (Å²) < 4.78 is 0. The standard InChI is InChI=1S/C24H35N7O.HI/c1-5-30-12-14-31(15-13-30)22-11-8-20(17-26-22)18-28-24(25-2)27-16-19-6-9-21(10-7-19)23(32)29(3)4;/h6-11,17H,5,12-16,18H2,1-4H3,(H2,25,27,28);1H. The number of nitrogens with one attached hydrogen (secondary N) is 2. The van der Waals surface area contributed by atoms with Crippen molar-refractivity contribution in [1.29, 1.82) is 0 Å². The zero-order chi connectivity index (χ0) is 22.9.